The Labute approximate surface area is 127 Å². The largest absolute Gasteiger partial charge is 0.497 e. The van der Waals surface area contributed by atoms with E-state index in [1.165, 1.54) is 12.8 Å². The number of aliphatic hydroxyl groups excluding tert-OH is 1. The molecule has 0 amide bonds. The van der Waals surface area contributed by atoms with Gasteiger partial charge in [-0.05, 0) is 49.8 Å². The molecule has 118 valence electrons. The van der Waals surface area contributed by atoms with Crippen molar-refractivity contribution < 1.29 is 19.3 Å². The van der Waals surface area contributed by atoms with Crippen LogP contribution in [-0.4, -0.2) is 32.0 Å². The summed E-state index contributed by atoms with van der Waals surface area (Å²) in [6, 6.07) is 5.42. The summed E-state index contributed by atoms with van der Waals surface area (Å²) in [5.74, 6) is 2.16. The Morgan fingerprint density at radius 2 is 1.86 bits per heavy atom. The molecular formula is C17H26O4. The molecule has 0 heterocycles. The average molecular weight is 294 g/mol. The number of hydrogen-bond donors (Lipinski definition) is 1. The summed E-state index contributed by atoms with van der Waals surface area (Å²) < 4.78 is 16.4. The molecular weight excluding hydrogens is 268 g/mol. The summed E-state index contributed by atoms with van der Waals surface area (Å²) in [6.07, 6.45) is 4.17. The normalized spacial score (nSPS) is 23.6. The van der Waals surface area contributed by atoms with Gasteiger partial charge in [-0.25, -0.2) is 0 Å². The Morgan fingerprint density at radius 1 is 1.14 bits per heavy atom. The highest BCUT2D eigenvalue weighted by atomic mass is 16.5. The smallest absolute Gasteiger partial charge is 0.125 e. The minimum absolute atomic E-state index is 0.271. The van der Waals surface area contributed by atoms with Crippen LogP contribution in [0.2, 0.25) is 0 Å². The van der Waals surface area contributed by atoms with Gasteiger partial charge in [-0.15, -0.1) is 0 Å². The van der Waals surface area contributed by atoms with Crippen molar-refractivity contribution in [2.45, 2.75) is 44.8 Å². The monoisotopic (exact) mass is 294 g/mol. The Bertz CT molecular complexity index is 438. The van der Waals surface area contributed by atoms with Crippen LogP contribution in [-0.2, 0) is 4.74 Å². The van der Waals surface area contributed by atoms with E-state index in [1.807, 2.05) is 6.07 Å². The highest BCUT2D eigenvalue weighted by Gasteiger charge is 2.21. The molecule has 2 rings (SSSR count). The fourth-order valence-corrected chi connectivity index (χ4v) is 2.81. The summed E-state index contributed by atoms with van der Waals surface area (Å²) in [6.45, 7) is 2.58. The topological polar surface area (TPSA) is 47.9 Å². The third-order valence-electron chi connectivity index (χ3n) is 4.25. The van der Waals surface area contributed by atoms with Crippen molar-refractivity contribution in [1.82, 2.24) is 0 Å². The van der Waals surface area contributed by atoms with Gasteiger partial charge in [0, 0.05) is 5.56 Å². The van der Waals surface area contributed by atoms with E-state index in [0.717, 1.165) is 18.8 Å². The predicted molar refractivity (Wildman–Crippen MR) is 81.9 cm³/mol. The quantitative estimate of drug-likeness (QED) is 0.874. The van der Waals surface area contributed by atoms with E-state index in [1.54, 1.807) is 26.4 Å². The number of ether oxygens (including phenoxy) is 3. The molecule has 1 aromatic rings. The van der Waals surface area contributed by atoms with Crippen molar-refractivity contribution in [3.8, 4) is 11.5 Å². The van der Waals surface area contributed by atoms with Gasteiger partial charge in [0.1, 0.15) is 17.6 Å². The molecule has 0 saturated heterocycles. The molecule has 0 bridgehead atoms. The minimum atomic E-state index is -0.700. The fourth-order valence-electron chi connectivity index (χ4n) is 2.81. The van der Waals surface area contributed by atoms with E-state index in [-0.39, 0.29) is 6.10 Å². The van der Waals surface area contributed by atoms with Crippen molar-refractivity contribution in [3.63, 3.8) is 0 Å². The first-order valence-electron chi connectivity index (χ1n) is 7.65. The molecule has 1 atom stereocenters. The molecule has 1 unspecified atom stereocenters. The summed E-state index contributed by atoms with van der Waals surface area (Å²) in [5.41, 5.74) is 0.709. The predicted octanol–water partition coefficient (Wildman–Crippen LogP) is 3.33. The molecule has 1 aromatic carbocycles. The second-order valence-corrected chi connectivity index (χ2v) is 5.84. The molecule has 1 saturated carbocycles. The maximum absolute atomic E-state index is 10.4. The lowest BCUT2D eigenvalue weighted by Crippen LogP contribution is -2.23. The van der Waals surface area contributed by atoms with E-state index in [0.29, 0.717) is 23.7 Å². The average Bonchev–Trinajstić information content (AvgIpc) is 2.53. The van der Waals surface area contributed by atoms with E-state index < -0.39 is 6.10 Å². The summed E-state index contributed by atoms with van der Waals surface area (Å²) in [4.78, 5) is 0. The number of methoxy groups -OCH3 is 2. The number of aliphatic hydroxyl groups is 1. The van der Waals surface area contributed by atoms with Gasteiger partial charge in [0.15, 0.2) is 0 Å². The zero-order chi connectivity index (χ0) is 15.2. The van der Waals surface area contributed by atoms with E-state index in [9.17, 15) is 5.11 Å². The summed E-state index contributed by atoms with van der Waals surface area (Å²) in [5, 5.41) is 10.4. The first kappa shape index (κ1) is 16.1. The van der Waals surface area contributed by atoms with Gasteiger partial charge >= 0.3 is 0 Å². The van der Waals surface area contributed by atoms with Gasteiger partial charge in [0.2, 0.25) is 0 Å². The Balaban J connectivity index is 1.94. The standard InChI is InChI=1S/C17H26O4/c1-12-4-6-13(7-5-12)21-11-16(18)15-10-14(19-2)8-9-17(15)20-3/h8-10,12-13,16,18H,4-7,11H2,1-3H3. The molecule has 4 nitrogen and oxygen atoms in total. The molecule has 1 aliphatic rings. The van der Waals surface area contributed by atoms with E-state index in [4.69, 9.17) is 14.2 Å². The van der Waals surface area contributed by atoms with Gasteiger partial charge in [-0.1, -0.05) is 6.92 Å². The number of hydrogen-bond acceptors (Lipinski definition) is 4. The molecule has 0 radical (unpaired) electrons. The Hall–Kier alpha value is -1.26. The van der Waals surface area contributed by atoms with Crippen LogP contribution in [0.1, 0.15) is 44.3 Å². The van der Waals surface area contributed by atoms with Crippen LogP contribution < -0.4 is 9.47 Å². The third-order valence-corrected chi connectivity index (χ3v) is 4.25. The zero-order valence-corrected chi connectivity index (χ0v) is 13.2. The second kappa shape index (κ2) is 7.66. The van der Waals surface area contributed by atoms with E-state index >= 15 is 0 Å². The van der Waals surface area contributed by atoms with Crippen molar-refractivity contribution >= 4 is 0 Å². The maximum atomic E-state index is 10.4. The Morgan fingerprint density at radius 3 is 2.48 bits per heavy atom. The van der Waals surface area contributed by atoms with Crippen molar-refractivity contribution in [3.05, 3.63) is 23.8 Å². The van der Waals surface area contributed by atoms with Gasteiger partial charge in [-0.2, -0.15) is 0 Å². The lowest BCUT2D eigenvalue weighted by Gasteiger charge is -2.27. The van der Waals surface area contributed by atoms with Gasteiger partial charge in [-0.3, -0.25) is 0 Å². The maximum Gasteiger partial charge on any atom is 0.125 e. The van der Waals surface area contributed by atoms with Gasteiger partial charge in [0.25, 0.3) is 0 Å². The van der Waals surface area contributed by atoms with E-state index in [2.05, 4.69) is 6.92 Å². The molecule has 1 aliphatic carbocycles. The number of benzene rings is 1. The first-order valence-corrected chi connectivity index (χ1v) is 7.65. The summed E-state index contributed by atoms with van der Waals surface area (Å²) >= 11 is 0. The van der Waals surface area contributed by atoms with Crippen LogP contribution in [0.3, 0.4) is 0 Å². The highest BCUT2D eigenvalue weighted by Crippen LogP contribution is 2.31. The van der Waals surface area contributed by atoms with Crippen molar-refractivity contribution in [2.24, 2.45) is 5.92 Å². The lowest BCUT2D eigenvalue weighted by molar-refractivity contribution is -0.0299. The highest BCUT2D eigenvalue weighted by molar-refractivity contribution is 5.41. The van der Waals surface area contributed by atoms with Crippen LogP contribution in [0.4, 0.5) is 0 Å². The van der Waals surface area contributed by atoms with Crippen LogP contribution in [0, 0.1) is 5.92 Å². The molecule has 0 aromatic heterocycles. The van der Waals surface area contributed by atoms with Gasteiger partial charge in [0.05, 0.1) is 26.9 Å². The van der Waals surface area contributed by atoms with Crippen LogP contribution in [0.5, 0.6) is 11.5 Å². The lowest BCUT2D eigenvalue weighted by atomic mass is 9.89. The zero-order valence-electron chi connectivity index (χ0n) is 13.2. The summed E-state index contributed by atoms with van der Waals surface area (Å²) in [7, 11) is 3.21. The first-order chi connectivity index (χ1) is 10.1. The van der Waals surface area contributed by atoms with Crippen LogP contribution in [0.25, 0.3) is 0 Å². The van der Waals surface area contributed by atoms with Crippen molar-refractivity contribution in [1.29, 1.82) is 0 Å². The molecule has 1 fully saturated rings. The number of rotatable bonds is 6. The second-order valence-electron chi connectivity index (χ2n) is 5.84. The molecule has 21 heavy (non-hydrogen) atoms. The molecule has 1 N–H and O–H groups in total. The third kappa shape index (κ3) is 4.35. The fraction of sp³-hybridized carbons (Fsp3) is 0.647. The molecule has 0 spiro atoms. The van der Waals surface area contributed by atoms with Crippen LogP contribution >= 0.6 is 0 Å². The van der Waals surface area contributed by atoms with Gasteiger partial charge < -0.3 is 19.3 Å². The minimum Gasteiger partial charge on any atom is -0.497 e. The van der Waals surface area contributed by atoms with Crippen molar-refractivity contribution in [2.75, 3.05) is 20.8 Å². The van der Waals surface area contributed by atoms with Crippen LogP contribution in [0.15, 0.2) is 18.2 Å². The Kier molecular flexibility index (Phi) is 5.88. The molecule has 4 heteroatoms. The SMILES string of the molecule is COc1ccc(OC)c(C(O)COC2CCC(C)CC2)c1. The molecule has 0 aliphatic heterocycles.